The number of para-hydroxylation sites is 1. The summed E-state index contributed by atoms with van der Waals surface area (Å²) in [5.74, 6) is -2.26. The number of anilines is 1. The Kier molecular flexibility index (Phi) is 7.33. The van der Waals surface area contributed by atoms with Gasteiger partial charge >= 0.3 is 5.97 Å². The Labute approximate surface area is 231 Å². The molecule has 0 aliphatic heterocycles. The molecule has 1 amide bonds. The first-order valence-electron chi connectivity index (χ1n) is 11.3. The molecule has 5 rings (SSSR count). The number of benzene rings is 4. The molecule has 0 saturated heterocycles. The minimum atomic E-state index is -0.893. The average Bonchev–Trinajstić information content (AvgIpc) is 2.92. The van der Waals surface area contributed by atoms with Crippen LogP contribution in [-0.4, -0.2) is 30.0 Å². The van der Waals surface area contributed by atoms with E-state index in [2.05, 4.69) is 5.32 Å². The van der Waals surface area contributed by atoms with Gasteiger partial charge in [0.2, 0.25) is 0 Å². The molecule has 0 radical (unpaired) electrons. The molecule has 0 atom stereocenters. The number of hydrogen-bond donors (Lipinski definition) is 1. The number of ether oxygens (including phenoxy) is 1. The maximum Gasteiger partial charge on any atom is 0.340 e. The van der Waals surface area contributed by atoms with Gasteiger partial charge in [0, 0.05) is 31.5 Å². The van der Waals surface area contributed by atoms with Gasteiger partial charge in [-0.1, -0.05) is 71.4 Å². The third-order valence-electron chi connectivity index (χ3n) is 5.79. The van der Waals surface area contributed by atoms with Gasteiger partial charge in [0.25, 0.3) is 5.91 Å². The first kappa shape index (κ1) is 25.7. The zero-order valence-electron chi connectivity index (χ0n) is 19.5. The fourth-order valence-corrected chi connectivity index (χ4v) is 5.34. The minimum Gasteiger partial charge on any atom is -0.452 e. The highest BCUT2D eigenvalue weighted by molar-refractivity contribution is 7.99. The number of rotatable bonds is 6. The van der Waals surface area contributed by atoms with Crippen LogP contribution in [-0.2, 0) is 9.53 Å². The number of fused-ring (bicyclic) bond motifs is 2. The number of nitrogens with one attached hydrogen (secondary N) is 1. The minimum absolute atomic E-state index is 0.0533. The molecular formula is C29H17Cl2NO5S. The number of hydrogen-bond acceptors (Lipinski definition) is 6. The lowest BCUT2D eigenvalue weighted by Gasteiger charge is -2.19. The summed E-state index contributed by atoms with van der Waals surface area (Å²) in [6.45, 7) is -0.581. The fraction of sp³-hybridized carbons (Fsp3) is 0.0345. The molecule has 0 spiro atoms. The van der Waals surface area contributed by atoms with Crippen LogP contribution in [0.5, 0.6) is 0 Å². The van der Waals surface area contributed by atoms with Crippen LogP contribution in [0.3, 0.4) is 0 Å². The smallest absolute Gasteiger partial charge is 0.340 e. The number of halogens is 2. The summed E-state index contributed by atoms with van der Waals surface area (Å²) >= 11 is 13.8. The Balaban J connectivity index is 1.28. The number of carbonyl (C=O) groups excluding carboxylic acids is 4. The van der Waals surface area contributed by atoms with E-state index >= 15 is 0 Å². The second-order valence-corrected chi connectivity index (χ2v) is 10.2. The Morgan fingerprint density at radius 1 is 0.763 bits per heavy atom. The summed E-state index contributed by atoms with van der Waals surface area (Å²) in [5.41, 5.74) is 0.986. The van der Waals surface area contributed by atoms with Crippen molar-refractivity contribution in [2.45, 2.75) is 9.79 Å². The van der Waals surface area contributed by atoms with E-state index in [9.17, 15) is 19.2 Å². The second kappa shape index (κ2) is 10.8. The van der Waals surface area contributed by atoms with Gasteiger partial charge in [-0.2, -0.15) is 0 Å². The van der Waals surface area contributed by atoms with Gasteiger partial charge in [-0.15, -0.1) is 0 Å². The molecule has 4 aromatic rings. The van der Waals surface area contributed by atoms with Gasteiger partial charge in [-0.05, 0) is 48.5 Å². The molecule has 0 fully saturated rings. The Morgan fingerprint density at radius 3 is 2.16 bits per heavy atom. The molecule has 4 aromatic carbocycles. The van der Waals surface area contributed by atoms with E-state index in [0.29, 0.717) is 10.7 Å². The topological polar surface area (TPSA) is 89.5 Å². The van der Waals surface area contributed by atoms with Gasteiger partial charge in [0.05, 0.1) is 21.8 Å². The quantitative estimate of drug-likeness (QED) is 0.231. The summed E-state index contributed by atoms with van der Waals surface area (Å²) < 4.78 is 5.18. The molecule has 1 aliphatic carbocycles. The Hall–Kier alpha value is -3.91. The molecule has 0 unspecified atom stereocenters. The predicted octanol–water partition coefficient (Wildman–Crippen LogP) is 6.72. The van der Waals surface area contributed by atoms with E-state index in [1.54, 1.807) is 42.5 Å². The Morgan fingerprint density at radius 2 is 1.42 bits per heavy atom. The van der Waals surface area contributed by atoms with E-state index in [0.717, 1.165) is 9.79 Å². The van der Waals surface area contributed by atoms with E-state index < -0.39 is 24.3 Å². The summed E-state index contributed by atoms with van der Waals surface area (Å²) in [6, 6.07) is 23.6. The van der Waals surface area contributed by atoms with Crippen molar-refractivity contribution in [3.05, 3.63) is 123 Å². The standard InChI is InChI=1S/C29H17Cl2NO5S/c30-16-9-11-17(12-10-16)38-23-8-4-3-7-22(23)32-24(33)15-37-29(36)21-14-13-20-25(26(21)31)28(35)19-6-2-1-5-18(19)27(20)34/h1-14H,15H2,(H,32,33). The van der Waals surface area contributed by atoms with E-state index in [1.807, 2.05) is 24.3 Å². The van der Waals surface area contributed by atoms with Crippen LogP contribution in [0.1, 0.15) is 42.2 Å². The molecule has 6 nitrogen and oxygen atoms in total. The monoisotopic (exact) mass is 561 g/mol. The van der Waals surface area contributed by atoms with Crippen LogP contribution < -0.4 is 5.32 Å². The Bertz CT molecular complexity index is 1620. The number of carbonyl (C=O) groups is 4. The first-order valence-corrected chi connectivity index (χ1v) is 12.9. The molecule has 9 heteroatoms. The summed E-state index contributed by atoms with van der Waals surface area (Å²) in [7, 11) is 0. The highest BCUT2D eigenvalue weighted by atomic mass is 35.5. The van der Waals surface area contributed by atoms with Crippen molar-refractivity contribution in [1.82, 2.24) is 0 Å². The SMILES string of the molecule is O=C(COC(=O)c1ccc2c(c1Cl)C(=O)c1ccccc1C2=O)Nc1ccccc1Sc1ccc(Cl)cc1. The van der Waals surface area contributed by atoms with Gasteiger partial charge < -0.3 is 10.1 Å². The molecule has 0 saturated carbocycles. The van der Waals surface area contributed by atoms with Crippen LogP contribution in [0.25, 0.3) is 0 Å². The molecule has 0 bridgehead atoms. The number of esters is 1. The van der Waals surface area contributed by atoms with Gasteiger partial charge in [0.15, 0.2) is 18.2 Å². The van der Waals surface area contributed by atoms with Crippen molar-refractivity contribution in [3.8, 4) is 0 Å². The lowest BCUT2D eigenvalue weighted by atomic mass is 9.83. The fourth-order valence-electron chi connectivity index (χ4n) is 3.99. The molecule has 0 aromatic heterocycles. The predicted molar refractivity (Wildman–Crippen MR) is 146 cm³/mol. The second-order valence-electron chi connectivity index (χ2n) is 8.23. The maximum atomic E-state index is 13.0. The maximum absolute atomic E-state index is 13.0. The zero-order valence-corrected chi connectivity index (χ0v) is 21.8. The third-order valence-corrected chi connectivity index (χ3v) is 7.52. The lowest BCUT2D eigenvalue weighted by molar-refractivity contribution is -0.119. The van der Waals surface area contributed by atoms with Crippen molar-refractivity contribution >= 4 is 64.1 Å². The van der Waals surface area contributed by atoms with Crippen LogP contribution in [0.4, 0.5) is 5.69 Å². The average molecular weight is 562 g/mol. The lowest BCUT2D eigenvalue weighted by Crippen LogP contribution is -2.24. The third kappa shape index (κ3) is 5.09. The largest absolute Gasteiger partial charge is 0.452 e. The van der Waals surface area contributed by atoms with Gasteiger partial charge in [0.1, 0.15) is 0 Å². The number of ketones is 2. The number of amides is 1. The highest BCUT2D eigenvalue weighted by Gasteiger charge is 2.33. The molecular weight excluding hydrogens is 545 g/mol. The summed E-state index contributed by atoms with van der Waals surface area (Å²) in [5, 5.41) is 3.18. The van der Waals surface area contributed by atoms with E-state index in [1.165, 1.54) is 30.0 Å². The van der Waals surface area contributed by atoms with E-state index in [-0.39, 0.29) is 38.6 Å². The normalized spacial score (nSPS) is 11.9. The van der Waals surface area contributed by atoms with Crippen molar-refractivity contribution in [3.63, 3.8) is 0 Å². The molecule has 0 heterocycles. The highest BCUT2D eigenvalue weighted by Crippen LogP contribution is 2.35. The van der Waals surface area contributed by atoms with E-state index in [4.69, 9.17) is 27.9 Å². The van der Waals surface area contributed by atoms with Crippen molar-refractivity contribution in [2.75, 3.05) is 11.9 Å². The van der Waals surface area contributed by atoms with Crippen molar-refractivity contribution < 1.29 is 23.9 Å². The van der Waals surface area contributed by atoms with Gasteiger partial charge in [-0.3, -0.25) is 14.4 Å². The van der Waals surface area contributed by atoms with Crippen LogP contribution in [0.2, 0.25) is 10.0 Å². The zero-order chi connectivity index (χ0) is 26.8. The van der Waals surface area contributed by atoms with Crippen LogP contribution in [0.15, 0.2) is 94.7 Å². The summed E-state index contributed by atoms with van der Waals surface area (Å²) in [4.78, 5) is 53.0. The van der Waals surface area contributed by atoms with Gasteiger partial charge in [-0.25, -0.2) is 4.79 Å². The molecule has 38 heavy (non-hydrogen) atoms. The van der Waals surface area contributed by atoms with Crippen LogP contribution >= 0.6 is 35.0 Å². The van der Waals surface area contributed by atoms with Crippen LogP contribution in [0, 0.1) is 0 Å². The van der Waals surface area contributed by atoms with Crippen molar-refractivity contribution in [2.24, 2.45) is 0 Å². The first-order chi connectivity index (χ1) is 18.3. The molecule has 1 aliphatic rings. The molecule has 188 valence electrons. The summed E-state index contributed by atoms with van der Waals surface area (Å²) in [6.07, 6.45) is 0. The van der Waals surface area contributed by atoms with Crippen molar-refractivity contribution in [1.29, 1.82) is 0 Å². The molecule has 1 N–H and O–H groups in total.